The molecule has 0 saturated heterocycles. The SMILES string of the molecule is Cc1ccc(C(=O)NC2CCCC2N)c(Br)c1. The molecule has 1 aliphatic rings. The molecule has 2 atom stereocenters. The Hall–Kier alpha value is -0.870. The van der Waals surface area contributed by atoms with Gasteiger partial charge in [-0.15, -0.1) is 0 Å². The molecule has 1 saturated carbocycles. The van der Waals surface area contributed by atoms with Crippen LogP contribution in [0.1, 0.15) is 35.2 Å². The molecule has 4 heteroatoms. The van der Waals surface area contributed by atoms with Crippen LogP contribution in [0.15, 0.2) is 22.7 Å². The third-order valence-electron chi connectivity index (χ3n) is 3.26. The zero-order valence-corrected chi connectivity index (χ0v) is 11.5. The first-order valence-corrected chi connectivity index (χ1v) is 6.70. The summed E-state index contributed by atoms with van der Waals surface area (Å²) in [6.45, 7) is 2.00. The third-order valence-corrected chi connectivity index (χ3v) is 3.91. The fourth-order valence-electron chi connectivity index (χ4n) is 2.22. The Balaban J connectivity index is 2.09. The van der Waals surface area contributed by atoms with Crippen molar-refractivity contribution in [3.8, 4) is 0 Å². The van der Waals surface area contributed by atoms with Crippen molar-refractivity contribution in [1.82, 2.24) is 5.32 Å². The van der Waals surface area contributed by atoms with E-state index in [2.05, 4.69) is 21.2 Å². The number of halogens is 1. The van der Waals surface area contributed by atoms with Crippen LogP contribution >= 0.6 is 15.9 Å². The highest BCUT2D eigenvalue weighted by atomic mass is 79.9. The van der Waals surface area contributed by atoms with Crippen molar-refractivity contribution in [2.75, 3.05) is 0 Å². The molecule has 1 aromatic rings. The largest absolute Gasteiger partial charge is 0.348 e. The molecule has 0 aromatic heterocycles. The molecular weight excluding hydrogens is 280 g/mol. The second kappa shape index (κ2) is 5.19. The van der Waals surface area contributed by atoms with Gasteiger partial charge in [0.05, 0.1) is 5.56 Å². The lowest BCUT2D eigenvalue weighted by atomic mass is 10.1. The lowest BCUT2D eigenvalue weighted by Gasteiger charge is -2.17. The summed E-state index contributed by atoms with van der Waals surface area (Å²) in [6.07, 6.45) is 3.08. The van der Waals surface area contributed by atoms with Gasteiger partial charge in [-0.05, 0) is 59.8 Å². The van der Waals surface area contributed by atoms with E-state index in [-0.39, 0.29) is 18.0 Å². The number of rotatable bonds is 2. The summed E-state index contributed by atoms with van der Waals surface area (Å²) in [5.74, 6) is -0.0424. The quantitative estimate of drug-likeness (QED) is 0.880. The Morgan fingerprint density at radius 3 is 2.82 bits per heavy atom. The van der Waals surface area contributed by atoms with Gasteiger partial charge in [0, 0.05) is 16.6 Å². The molecule has 3 N–H and O–H groups in total. The average Bonchev–Trinajstić information content (AvgIpc) is 2.64. The van der Waals surface area contributed by atoms with Crippen LogP contribution in [0.4, 0.5) is 0 Å². The van der Waals surface area contributed by atoms with Gasteiger partial charge in [0.15, 0.2) is 0 Å². The van der Waals surface area contributed by atoms with Crippen LogP contribution in [0.3, 0.4) is 0 Å². The number of nitrogens with two attached hydrogens (primary N) is 1. The number of aryl methyl sites for hydroxylation is 1. The molecule has 0 spiro atoms. The summed E-state index contributed by atoms with van der Waals surface area (Å²) < 4.78 is 0.835. The van der Waals surface area contributed by atoms with Crippen LogP contribution in [-0.2, 0) is 0 Å². The summed E-state index contributed by atoms with van der Waals surface area (Å²) in [7, 11) is 0. The number of hydrogen-bond acceptors (Lipinski definition) is 2. The second-order valence-electron chi connectivity index (χ2n) is 4.66. The normalized spacial score (nSPS) is 23.7. The van der Waals surface area contributed by atoms with Crippen molar-refractivity contribution >= 4 is 21.8 Å². The number of carbonyl (C=O) groups is 1. The molecular formula is C13H17BrN2O. The highest BCUT2D eigenvalue weighted by Gasteiger charge is 2.26. The van der Waals surface area contributed by atoms with Crippen molar-refractivity contribution in [3.63, 3.8) is 0 Å². The van der Waals surface area contributed by atoms with E-state index in [9.17, 15) is 4.79 Å². The minimum absolute atomic E-state index is 0.0424. The predicted octanol–water partition coefficient (Wildman–Crippen LogP) is 2.37. The highest BCUT2D eigenvalue weighted by molar-refractivity contribution is 9.10. The molecule has 2 rings (SSSR count). The van der Waals surface area contributed by atoms with Gasteiger partial charge in [0.25, 0.3) is 5.91 Å². The Kier molecular flexibility index (Phi) is 3.84. The molecule has 0 radical (unpaired) electrons. The first-order valence-electron chi connectivity index (χ1n) is 5.90. The lowest BCUT2D eigenvalue weighted by molar-refractivity contribution is 0.0934. The maximum Gasteiger partial charge on any atom is 0.252 e. The molecule has 17 heavy (non-hydrogen) atoms. The number of benzene rings is 1. The van der Waals surface area contributed by atoms with Gasteiger partial charge < -0.3 is 11.1 Å². The molecule has 0 heterocycles. The maximum atomic E-state index is 12.1. The van der Waals surface area contributed by atoms with Crippen molar-refractivity contribution < 1.29 is 4.79 Å². The summed E-state index contributed by atoms with van der Waals surface area (Å²) >= 11 is 3.42. The molecule has 1 aromatic carbocycles. The van der Waals surface area contributed by atoms with Crippen molar-refractivity contribution in [2.45, 2.75) is 38.3 Å². The number of carbonyl (C=O) groups excluding carboxylic acids is 1. The van der Waals surface area contributed by atoms with Crippen LogP contribution < -0.4 is 11.1 Å². The van der Waals surface area contributed by atoms with Crippen LogP contribution in [0, 0.1) is 6.92 Å². The monoisotopic (exact) mass is 296 g/mol. The van der Waals surface area contributed by atoms with Crippen LogP contribution in [0.5, 0.6) is 0 Å². The zero-order chi connectivity index (χ0) is 12.4. The van der Waals surface area contributed by atoms with E-state index in [1.165, 1.54) is 0 Å². The molecule has 1 fully saturated rings. The lowest BCUT2D eigenvalue weighted by Crippen LogP contribution is -2.44. The van der Waals surface area contributed by atoms with Gasteiger partial charge in [0.1, 0.15) is 0 Å². The van der Waals surface area contributed by atoms with Gasteiger partial charge in [0.2, 0.25) is 0 Å². The smallest absolute Gasteiger partial charge is 0.252 e. The van der Waals surface area contributed by atoms with Crippen molar-refractivity contribution in [2.24, 2.45) is 5.73 Å². The average molecular weight is 297 g/mol. The third kappa shape index (κ3) is 2.87. The van der Waals surface area contributed by atoms with E-state index in [1.54, 1.807) is 0 Å². The molecule has 1 aliphatic carbocycles. The summed E-state index contributed by atoms with van der Waals surface area (Å²) in [4.78, 5) is 12.1. The van der Waals surface area contributed by atoms with E-state index < -0.39 is 0 Å². The van der Waals surface area contributed by atoms with Crippen LogP contribution in [-0.4, -0.2) is 18.0 Å². The first kappa shape index (κ1) is 12.6. The summed E-state index contributed by atoms with van der Waals surface area (Å²) in [5.41, 5.74) is 7.75. The Morgan fingerprint density at radius 2 is 2.24 bits per heavy atom. The summed E-state index contributed by atoms with van der Waals surface area (Å²) in [5, 5.41) is 3.01. The Bertz CT molecular complexity index is 433. The van der Waals surface area contributed by atoms with Crippen LogP contribution in [0.2, 0.25) is 0 Å². The van der Waals surface area contributed by atoms with Crippen molar-refractivity contribution in [3.05, 3.63) is 33.8 Å². The standard InChI is InChI=1S/C13H17BrN2O/c1-8-5-6-9(10(14)7-8)13(17)16-12-4-2-3-11(12)15/h5-7,11-12H,2-4,15H2,1H3,(H,16,17). The van der Waals surface area contributed by atoms with Gasteiger partial charge in [-0.2, -0.15) is 0 Å². The second-order valence-corrected chi connectivity index (χ2v) is 5.51. The van der Waals surface area contributed by atoms with E-state index >= 15 is 0 Å². The maximum absolute atomic E-state index is 12.1. The Labute approximate surface area is 110 Å². The zero-order valence-electron chi connectivity index (χ0n) is 9.87. The van der Waals surface area contributed by atoms with Crippen molar-refractivity contribution in [1.29, 1.82) is 0 Å². The van der Waals surface area contributed by atoms with Gasteiger partial charge in [-0.25, -0.2) is 0 Å². The molecule has 92 valence electrons. The minimum atomic E-state index is -0.0424. The van der Waals surface area contributed by atoms with E-state index in [1.807, 2.05) is 25.1 Å². The van der Waals surface area contributed by atoms with Crippen LogP contribution in [0.25, 0.3) is 0 Å². The first-order chi connectivity index (χ1) is 8.08. The fourth-order valence-corrected chi connectivity index (χ4v) is 2.89. The number of hydrogen-bond donors (Lipinski definition) is 2. The van der Waals surface area contributed by atoms with E-state index in [0.29, 0.717) is 5.56 Å². The molecule has 0 aliphatic heterocycles. The minimum Gasteiger partial charge on any atom is -0.348 e. The van der Waals surface area contributed by atoms with Gasteiger partial charge in [-0.3, -0.25) is 4.79 Å². The molecule has 0 bridgehead atoms. The molecule has 1 amide bonds. The highest BCUT2D eigenvalue weighted by Crippen LogP contribution is 2.21. The fraction of sp³-hybridized carbons (Fsp3) is 0.462. The van der Waals surface area contributed by atoms with E-state index in [0.717, 1.165) is 29.3 Å². The molecule has 3 nitrogen and oxygen atoms in total. The molecule has 2 unspecified atom stereocenters. The number of nitrogens with one attached hydrogen (secondary N) is 1. The van der Waals surface area contributed by atoms with Gasteiger partial charge >= 0.3 is 0 Å². The summed E-state index contributed by atoms with van der Waals surface area (Å²) in [6, 6.07) is 5.95. The Morgan fingerprint density at radius 1 is 1.47 bits per heavy atom. The predicted molar refractivity (Wildman–Crippen MR) is 72.0 cm³/mol. The topological polar surface area (TPSA) is 55.1 Å². The number of amides is 1. The van der Waals surface area contributed by atoms with E-state index in [4.69, 9.17) is 5.73 Å². The van der Waals surface area contributed by atoms with Gasteiger partial charge in [-0.1, -0.05) is 6.07 Å².